The van der Waals surface area contributed by atoms with Crippen LogP contribution in [0.5, 0.6) is 0 Å². The van der Waals surface area contributed by atoms with E-state index in [-0.39, 0.29) is 24.4 Å². The third-order valence-corrected chi connectivity index (χ3v) is 6.61. The molecule has 3 heterocycles. The Bertz CT molecular complexity index is 1210. The number of carbonyl (C=O) groups is 1. The highest BCUT2D eigenvalue weighted by atomic mass is 35.5. The second kappa shape index (κ2) is 9.97. The second-order valence-electron chi connectivity index (χ2n) is 8.57. The molecule has 1 amide bonds. The Balaban J connectivity index is 1.21. The van der Waals surface area contributed by atoms with Crippen LogP contribution in [0.4, 0.5) is 5.69 Å². The number of amides is 1. The van der Waals surface area contributed by atoms with Crippen molar-refractivity contribution in [1.29, 1.82) is 0 Å². The van der Waals surface area contributed by atoms with Crippen molar-refractivity contribution in [2.24, 2.45) is 0 Å². The zero-order chi connectivity index (χ0) is 23.5. The highest BCUT2D eigenvalue weighted by Gasteiger charge is 2.19. The number of anilines is 1. The van der Waals surface area contributed by atoms with Crippen molar-refractivity contribution >= 4 is 34.3 Å². The number of furan rings is 1. The van der Waals surface area contributed by atoms with Crippen molar-refractivity contribution in [3.05, 3.63) is 56.8 Å². The lowest BCUT2D eigenvalue weighted by molar-refractivity contribution is -0.121. The van der Waals surface area contributed by atoms with Gasteiger partial charge in [-0.1, -0.05) is 17.7 Å². The molecule has 9 heteroatoms. The SMILES string of the molecule is Cc1ccc(Cl)cc1N1CCN(CCNC(=O)CCn2cnc3oc(C)c(C)c3c2=O)CC1. The first-order valence-corrected chi connectivity index (χ1v) is 11.7. The summed E-state index contributed by atoms with van der Waals surface area (Å²) in [7, 11) is 0. The van der Waals surface area contributed by atoms with Crippen LogP contribution in [0.3, 0.4) is 0 Å². The van der Waals surface area contributed by atoms with Gasteiger partial charge in [0, 0.05) is 68.5 Å². The summed E-state index contributed by atoms with van der Waals surface area (Å²) >= 11 is 6.17. The fourth-order valence-electron chi connectivity index (χ4n) is 4.23. The van der Waals surface area contributed by atoms with Crippen molar-refractivity contribution in [2.45, 2.75) is 33.7 Å². The molecular weight excluding hydrogens is 442 g/mol. The van der Waals surface area contributed by atoms with Gasteiger partial charge in [-0.15, -0.1) is 0 Å². The highest BCUT2D eigenvalue weighted by Crippen LogP contribution is 2.25. The molecule has 0 spiro atoms. The summed E-state index contributed by atoms with van der Waals surface area (Å²) in [6.45, 7) is 11.2. The maximum absolute atomic E-state index is 12.7. The number of nitrogens with one attached hydrogen (secondary N) is 1. The number of hydrogen-bond acceptors (Lipinski definition) is 6. The monoisotopic (exact) mass is 471 g/mol. The molecule has 8 nitrogen and oxygen atoms in total. The maximum atomic E-state index is 12.7. The van der Waals surface area contributed by atoms with Crippen molar-refractivity contribution in [1.82, 2.24) is 19.8 Å². The van der Waals surface area contributed by atoms with Crippen LogP contribution in [0, 0.1) is 20.8 Å². The fourth-order valence-corrected chi connectivity index (χ4v) is 4.40. The summed E-state index contributed by atoms with van der Waals surface area (Å²) in [6, 6.07) is 6.00. The summed E-state index contributed by atoms with van der Waals surface area (Å²) < 4.78 is 6.97. The van der Waals surface area contributed by atoms with E-state index >= 15 is 0 Å². The number of aromatic nitrogens is 2. The Morgan fingerprint density at radius 2 is 1.91 bits per heavy atom. The summed E-state index contributed by atoms with van der Waals surface area (Å²) in [5.41, 5.74) is 3.40. The molecule has 0 radical (unpaired) electrons. The third-order valence-electron chi connectivity index (χ3n) is 6.37. The smallest absolute Gasteiger partial charge is 0.264 e. The molecule has 0 unspecified atom stereocenters. The normalized spacial score (nSPS) is 14.7. The first-order valence-electron chi connectivity index (χ1n) is 11.3. The summed E-state index contributed by atoms with van der Waals surface area (Å²) in [5.74, 6) is 0.615. The lowest BCUT2D eigenvalue weighted by atomic mass is 10.1. The Hall–Kier alpha value is -2.84. The van der Waals surface area contributed by atoms with E-state index in [0.717, 1.165) is 43.3 Å². The van der Waals surface area contributed by atoms with E-state index in [4.69, 9.17) is 16.0 Å². The van der Waals surface area contributed by atoms with Gasteiger partial charge in [0.1, 0.15) is 17.5 Å². The summed E-state index contributed by atoms with van der Waals surface area (Å²) in [6.07, 6.45) is 1.67. The Kier molecular flexibility index (Phi) is 7.05. The number of carbonyl (C=O) groups excluding carboxylic acids is 1. The first-order chi connectivity index (χ1) is 15.8. The van der Waals surface area contributed by atoms with Gasteiger partial charge in [-0.2, -0.15) is 0 Å². The molecule has 0 saturated carbocycles. The quantitative estimate of drug-likeness (QED) is 0.570. The predicted molar refractivity (Wildman–Crippen MR) is 130 cm³/mol. The largest absolute Gasteiger partial charge is 0.443 e. The number of hydrogen-bond donors (Lipinski definition) is 1. The van der Waals surface area contributed by atoms with E-state index in [2.05, 4.69) is 33.1 Å². The molecule has 2 aromatic heterocycles. The van der Waals surface area contributed by atoms with Crippen molar-refractivity contribution in [2.75, 3.05) is 44.2 Å². The number of halogens is 1. The van der Waals surface area contributed by atoms with Crippen LogP contribution in [0.15, 0.2) is 33.7 Å². The molecule has 4 rings (SSSR count). The average molecular weight is 472 g/mol. The van der Waals surface area contributed by atoms with E-state index in [1.807, 2.05) is 26.0 Å². The molecule has 1 aliphatic heterocycles. The Morgan fingerprint density at radius 1 is 1.15 bits per heavy atom. The van der Waals surface area contributed by atoms with Crippen molar-refractivity contribution in [3.63, 3.8) is 0 Å². The molecule has 176 valence electrons. The molecular formula is C24H30ClN5O3. The molecule has 33 heavy (non-hydrogen) atoms. The van der Waals surface area contributed by atoms with E-state index in [0.29, 0.717) is 23.4 Å². The van der Waals surface area contributed by atoms with Crippen LogP contribution in [0.25, 0.3) is 11.1 Å². The standard InChI is InChI=1S/C24H30ClN5O3/c1-16-4-5-19(25)14-20(16)29-12-10-28(11-13-29)9-7-26-21(31)6-8-30-15-27-23-22(24(30)32)17(2)18(3)33-23/h4-5,14-15H,6-13H2,1-3H3,(H,26,31). The fraction of sp³-hybridized carbons (Fsp3) is 0.458. The molecule has 1 fully saturated rings. The number of benzene rings is 1. The van der Waals surface area contributed by atoms with Gasteiger partial charge >= 0.3 is 0 Å². The van der Waals surface area contributed by atoms with Gasteiger partial charge < -0.3 is 14.6 Å². The lowest BCUT2D eigenvalue weighted by Gasteiger charge is -2.36. The average Bonchev–Trinajstić information content (AvgIpc) is 3.09. The first kappa shape index (κ1) is 23.3. The number of nitrogens with zero attached hydrogens (tertiary/aromatic N) is 4. The highest BCUT2D eigenvalue weighted by molar-refractivity contribution is 6.30. The number of aryl methyl sites for hydroxylation is 4. The van der Waals surface area contributed by atoms with Crippen LogP contribution >= 0.6 is 11.6 Å². The van der Waals surface area contributed by atoms with E-state index in [9.17, 15) is 9.59 Å². The predicted octanol–water partition coefficient (Wildman–Crippen LogP) is 2.90. The van der Waals surface area contributed by atoms with Gasteiger partial charge in [0.25, 0.3) is 5.56 Å². The van der Waals surface area contributed by atoms with Crippen LogP contribution in [-0.2, 0) is 11.3 Å². The minimum Gasteiger partial charge on any atom is -0.443 e. The summed E-state index contributed by atoms with van der Waals surface area (Å²) in [5, 5.41) is 4.21. The molecule has 1 aliphatic rings. The zero-order valence-corrected chi connectivity index (χ0v) is 20.1. The number of piperazine rings is 1. The minimum atomic E-state index is -0.171. The van der Waals surface area contributed by atoms with E-state index in [1.165, 1.54) is 22.1 Å². The minimum absolute atomic E-state index is 0.0738. The topological polar surface area (TPSA) is 83.6 Å². The van der Waals surface area contributed by atoms with E-state index < -0.39 is 0 Å². The Labute approximate surface area is 198 Å². The van der Waals surface area contributed by atoms with Gasteiger partial charge in [-0.05, 0) is 38.5 Å². The molecule has 0 aliphatic carbocycles. The third kappa shape index (κ3) is 5.23. The lowest BCUT2D eigenvalue weighted by Crippen LogP contribution is -2.48. The maximum Gasteiger partial charge on any atom is 0.264 e. The molecule has 1 N–H and O–H groups in total. The van der Waals surface area contributed by atoms with Crippen LogP contribution in [0.1, 0.15) is 23.3 Å². The van der Waals surface area contributed by atoms with Gasteiger partial charge in [0.05, 0.1) is 0 Å². The molecule has 0 atom stereocenters. The number of rotatable bonds is 7. The molecule has 1 saturated heterocycles. The van der Waals surface area contributed by atoms with Crippen molar-refractivity contribution < 1.29 is 9.21 Å². The number of fused-ring (bicyclic) bond motifs is 1. The summed E-state index contributed by atoms with van der Waals surface area (Å²) in [4.78, 5) is 33.9. The second-order valence-corrected chi connectivity index (χ2v) is 9.00. The van der Waals surface area contributed by atoms with Crippen molar-refractivity contribution in [3.8, 4) is 0 Å². The van der Waals surface area contributed by atoms with Crippen LogP contribution in [0.2, 0.25) is 5.02 Å². The Morgan fingerprint density at radius 3 is 2.67 bits per heavy atom. The van der Waals surface area contributed by atoms with Crippen LogP contribution < -0.4 is 15.8 Å². The van der Waals surface area contributed by atoms with Gasteiger partial charge in [0.2, 0.25) is 11.6 Å². The van der Waals surface area contributed by atoms with E-state index in [1.54, 1.807) is 0 Å². The zero-order valence-electron chi connectivity index (χ0n) is 19.4. The van der Waals surface area contributed by atoms with Gasteiger partial charge in [-0.25, -0.2) is 4.98 Å². The molecule has 0 bridgehead atoms. The van der Waals surface area contributed by atoms with Crippen LogP contribution in [-0.4, -0.2) is 59.6 Å². The molecule has 3 aromatic rings. The van der Waals surface area contributed by atoms with Gasteiger partial charge in [-0.3, -0.25) is 19.1 Å². The van der Waals surface area contributed by atoms with Gasteiger partial charge in [0.15, 0.2) is 0 Å². The molecule has 1 aromatic carbocycles.